The Bertz CT molecular complexity index is 690. The number of carbonyl (C=O) groups excluding carboxylic acids is 1. The van der Waals surface area contributed by atoms with Crippen LogP contribution in [0.1, 0.15) is 16.7 Å². The molecule has 0 radical (unpaired) electrons. The topological polar surface area (TPSA) is 47.9 Å². The van der Waals surface area contributed by atoms with Gasteiger partial charge in [0, 0.05) is 5.56 Å². The molecule has 0 heterocycles. The maximum atomic E-state index is 11.9. The molecule has 0 fully saturated rings. The number of benzene rings is 2. The lowest BCUT2D eigenvalue weighted by Crippen LogP contribution is -2.18. The van der Waals surface area contributed by atoms with Crippen LogP contribution >= 0.6 is 0 Å². The SMILES string of the molecule is CO/N=C(/C(=O)OC)c1ccccc1C=Cc1ccccc1. The van der Waals surface area contributed by atoms with Gasteiger partial charge in [-0.2, -0.15) is 0 Å². The highest BCUT2D eigenvalue weighted by Gasteiger charge is 2.17. The van der Waals surface area contributed by atoms with Gasteiger partial charge in [0.15, 0.2) is 5.71 Å². The van der Waals surface area contributed by atoms with Gasteiger partial charge < -0.3 is 9.57 Å². The van der Waals surface area contributed by atoms with Gasteiger partial charge in [0.1, 0.15) is 7.11 Å². The van der Waals surface area contributed by atoms with Gasteiger partial charge in [-0.1, -0.05) is 71.9 Å². The molecule has 4 nitrogen and oxygen atoms in total. The molecular formula is C18H17NO3. The van der Waals surface area contributed by atoms with E-state index in [0.717, 1.165) is 11.1 Å². The van der Waals surface area contributed by atoms with Crippen LogP contribution in [0.15, 0.2) is 59.8 Å². The van der Waals surface area contributed by atoms with Crippen LogP contribution in [0, 0.1) is 0 Å². The smallest absolute Gasteiger partial charge is 0.360 e. The lowest BCUT2D eigenvalue weighted by Gasteiger charge is -2.07. The second-order valence-corrected chi connectivity index (χ2v) is 4.45. The zero-order valence-electron chi connectivity index (χ0n) is 12.5. The van der Waals surface area contributed by atoms with Gasteiger partial charge in [-0.3, -0.25) is 0 Å². The molecule has 2 rings (SSSR count). The average molecular weight is 295 g/mol. The first kappa shape index (κ1) is 15.5. The number of hydrogen-bond acceptors (Lipinski definition) is 4. The van der Waals surface area contributed by atoms with Crippen LogP contribution in [0.4, 0.5) is 0 Å². The summed E-state index contributed by atoms with van der Waals surface area (Å²) in [5.41, 5.74) is 2.72. The number of methoxy groups -OCH3 is 1. The Balaban J connectivity index is 2.40. The van der Waals surface area contributed by atoms with Crippen molar-refractivity contribution >= 4 is 23.8 Å². The second kappa shape index (κ2) is 7.78. The molecular weight excluding hydrogens is 278 g/mol. The van der Waals surface area contributed by atoms with E-state index >= 15 is 0 Å². The summed E-state index contributed by atoms with van der Waals surface area (Å²) in [5, 5.41) is 3.79. The maximum absolute atomic E-state index is 11.9. The summed E-state index contributed by atoms with van der Waals surface area (Å²) in [6, 6.07) is 17.4. The molecule has 2 aromatic rings. The van der Waals surface area contributed by atoms with Crippen LogP contribution in [0.25, 0.3) is 12.2 Å². The van der Waals surface area contributed by atoms with Crippen molar-refractivity contribution in [2.45, 2.75) is 0 Å². The zero-order chi connectivity index (χ0) is 15.8. The number of oxime groups is 1. The molecule has 22 heavy (non-hydrogen) atoms. The van der Waals surface area contributed by atoms with E-state index in [2.05, 4.69) is 5.16 Å². The molecule has 0 saturated heterocycles. The molecule has 0 aromatic heterocycles. The van der Waals surface area contributed by atoms with Gasteiger partial charge in [-0.25, -0.2) is 4.79 Å². The van der Waals surface area contributed by atoms with Gasteiger partial charge in [-0.15, -0.1) is 0 Å². The van der Waals surface area contributed by atoms with Gasteiger partial charge in [0.05, 0.1) is 7.11 Å². The molecule has 0 atom stereocenters. The molecule has 0 saturated carbocycles. The second-order valence-electron chi connectivity index (χ2n) is 4.45. The summed E-state index contributed by atoms with van der Waals surface area (Å²) < 4.78 is 4.76. The lowest BCUT2D eigenvalue weighted by atomic mass is 10.0. The van der Waals surface area contributed by atoms with Gasteiger partial charge in [0.25, 0.3) is 0 Å². The molecule has 0 unspecified atom stereocenters. The monoisotopic (exact) mass is 295 g/mol. The maximum Gasteiger partial charge on any atom is 0.360 e. The van der Waals surface area contributed by atoms with Crippen molar-refractivity contribution in [2.24, 2.45) is 5.16 Å². The number of carbonyl (C=O) groups is 1. The third kappa shape index (κ3) is 3.82. The summed E-state index contributed by atoms with van der Waals surface area (Å²) in [7, 11) is 2.71. The molecule has 0 aliphatic heterocycles. The van der Waals surface area contributed by atoms with Crippen molar-refractivity contribution in [1.29, 1.82) is 0 Å². The molecule has 4 heteroatoms. The van der Waals surface area contributed by atoms with Crippen LogP contribution in [-0.4, -0.2) is 25.9 Å². The van der Waals surface area contributed by atoms with E-state index in [1.807, 2.05) is 60.7 Å². The van der Waals surface area contributed by atoms with Crippen LogP contribution in [-0.2, 0) is 14.4 Å². The summed E-state index contributed by atoms with van der Waals surface area (Å²) in [6.07, 6.45) is 3.90. The van der Waals surface area contributed by atoms with E-state index in [-0.39, 0.29) is 5.71 Å². The Labute approximate surface area is 129 Å². The standard InChI is InChI=1S/C18H17NO3/c1-21-18(20)17(19-22-2)16-11-7-6-10-15(16)13-12-14-8-4-3-5-9-14/h3-13H,1-2H3/b13-12?,19-17+. The minimum absolute atomic E-state index is 0.137. The normalized spacial score (nSPS) is 11.5. The Kier molecular flexibility index (Phi) is 5.49. The summed E-state index contributed by atoms with van der Waals surface area (Å²) >= 11 is 0. The Morgan fingerprint density at radius 2 is 1.64 bits per heavy atom. The molecule has 2 aromatic carbocycles. The molecule has 0 bridgehead atoms. The molecule has 0 aliphatic carbocycles. The van der Waals surface area contributed by atoms with E-state index in [1.165, 1.54) is 14.2 Å². The third-order valence-corrected chi connectivity index (χ3v) is 3.03. The van der Waals surface area contributed by atoms with Gasteiger partial charge in [-0.05, 0) is 11.1 Å². The molecule has 0 spiro atoms. The first-order valence-electron chi connectivity index (χ1n) is 6.78. The first-order valence-corrected chi connectivity index (χ1v) is 6.78. The Morgan fingerprint density at radius 1 is 0.955 bits per heavy atom. The van der Waals surface area contributed by atoms with Crippen LogP contribution < -0.4 is 0 Å². The number of ether oxygens (including phenoxy) is 1. The van der Waals surface area contributed by atoms with E-state index in [9.17, 15) is 4.79 Å². The fourth-order valence-corrected chi connectivity index (χ4v) is 1.99. The Hall–Kier alpha value is -2.88. The van der Waals surface area contributed by atoms with Crippen LogP contribution in [0.3, 0.4) is 0 Å². The Morgan fingerprint density at radius 3 is 2.32 bits per heavy atom. The quantitative estimate of drug-likeness (QED) is 0.368. The van der Waals surface area contributed by atoms with Gasteiger partial charge >= 0.3 is 5.97 Å². The summed E-state index contributed by atoms with van der Waals surface area (Å²) in [4.78, 5) is 16.6. The largest absolute Gasteiger partial charge is 0.464 e. The highest BCUT2D eigenvalue weighted by molar-refractivity contribution is 6.43. The van der Waals surface area contributed by atoms with Crippen LogP contribution in [0.5, 0.6) is 0 Å². The van der Waals surface area contributed by atoms with Crippen molar-refractivity contribution in [2.75, 3.05) is 14.2 Å². The number of esters is 1. The predicted molar refractivity (Wildman–Crippen MR) is 87.4 cm³/mol. The van der Waals surface area contributed by atoms with E-state index in [0.29, 0.717) is 5.56 Å². The van der Waals surface area contributed by atoms with Crippen molar-refractivity contribution in [3.63, 3.8) is 0 Å². The molecule has 112 valence electrons. The molecule has 0 amide bonds. The van der Waals surface area contributed by atoms with Crippen molar-refractivity contribution in [3.05, 3.63) is 71.3 Å². The van der Waals surface area contributed by atoms with Gasteiger partial charge in [0.2, 0.25) is 0 Å². The highest BCUT2D eigenvalue weighted by atomic mass is 16.6. The summed E-state index contributed by atoms with van der Waals surface area (Å²) in [6.45, 7) is 0. The average Bonchev–Trinajstić information content (AvgIpc) is 2.58. The van der Waals surface area contributed by atoms with Crippen molar-refractivity contribution in [1.82, 2.24) is 0 Å². The van der Waals surface area contributed by atoms with E-state index < -0.39 is 5.97 Å². The van der Waals surface area contributed by atoms with Crippen LogP contribution in [0.2, 0.25) is 0 Å². The van der Waals surface area contributed by atoms with Crippen molar-refractivity contribution < 1.29 is 14.4 Å². The fraction of sp³-hybridized carbons (Fsp3) is 0.111. The predicted octanol–water partition coefficient (Wildman–Crippen LogP) is 3.38. The minimum atomic E-state index is -0.539. The van der Waals surface area contributed by atoms with Crippen molar-refractivity contribution in [3.8, 4) is 0 Å². The number of rotatable bonds is 5. The minimum Gasteiger partial charge on any atom is -0.464 e. The lowest BCUT2D eigenvalue weighted by molar-refractivity contribution is -0.132. The first-order chi connectivity index (χ1) is 10.8. The molecule has 0 N–H and O–H groups in total. The fourth-order valence-electron chi connectivity index (χ4n) is 1.99. The number of hydrogen-bond donors (Lipinski definition) is 0. The summed E-state index contributed by atoms with van der Waals surface area (Å²) in [5.74, 6) is -0.539. The third-order valence-electron chi connectivity index (χ3n) is 3.03. The van der Waals surface area contributed by atoms with E-state index in [4.69, 9.17) is 9.57 Å². The number of nitrogens with zero attached hydrogens (tertiary/aromatic N) is 1. The van der Waals surface area contributed by atoms with E-state index in [1.54, 1.807) is 6.07 Å². The molecule has 0 aliphatic rings. The highest BCUT2D eigenvalue weighted by Crippen LogP contribution is 2.15. The zero-order valence-corrected chi connectivity index (χ0v) is 12.5.